The first kappa shape index (κ1) is 10.2. The maximum atomic E-state index is 13.4. The second-order valence-corrected chi connectivity index (χ2v) is 4.54. The van der Waals surface area contributed by atoms with Gasteiger partial charge in [0, 0.05) is 5.56 Å². The van der Waals surface area contributed by atoms with Crippen molar-refractivity contribution in [2.24, 2.45) is 0 Å². The van der Waals surface area contributed by atoms with E-state index in [1.54, 1.807) is 18.2 Å². The summed E-state index contributed by atoms with van der Waals surface area (Å²) in [5, 5.41) is 0. The molecule has 0 unspecified atom stereocenters. The van der Waals surface area contributed by atoms with Crippen molar-refractivity contribution in [3.8, 4) is 10.4 Å². The lowest BCUT2D eigenvalue weighted by atomic mass is 10.1. The monoisotopic (exact) mass is 239 g/mol. The van der Waals surface area contributed by atoms with E-state index in [1.807, 2.05) is 0 Å². The zero-order valence-electron chi connectivity index (χ0n) is 7.49. The number of carbonyl (C=O) groups excluding carboxylic acids is 1. The van der Waals surface area contributed by atoms with Gasteiger partial charge in [-0.25, -0.2) is 4.39 Å². The number of nitrogens with one attached hydrogen (secondary N) is 1. The molecule has 15 heavy (non-hydrogen) atoms. The Bertz CT molecular complexity index is 559. The molecule has 0 aliphatic carbocycles. The summed E-state index contributed by atoms with van der Waals surface area (Å²) >= 11 is 6.11. The van der Waals surface area contributed by atoms with Gasteiger partial charge in [-0.2, -0.15) is 0 Å². The summed E-state index contributed by atoms with van der Waals surface area (Å²) in [6.07, 6.45) is 0.647. The molecule has 1 aromatic carbocycles. The molecule has 2 nitrogen and oxygen atoms in total. The van der Waals surface area contributed by atoms with E-state index in [1.165, 1.54) is 17.4 Å². The number of aldehydes is 1. The normalized spacial score (nSPS) is 10.2. The van der Waals surface area contributed by atoms with Gasteiger partial charge >= 0.3 is 0 Å². The number of hydrogen-bond acceptors (Lipinski definition) is 3. The molecule has 5 heteroatoms. The molecule has 0 amide bonds. The van der Waals surface area contributed by atoms with E-state index in [0.29, 0.717) is 26.4 Å². The zero-order chi connectivity index (χ0) is 10.8. The number of aromatic nitrogens is 1. The van der Waals surface area contributed by atoms with Crippen LogP contribution in [0.2, 0.25) is 0 Å². The minimum absolute atomic E-state index is 0.329. The molecule has 0 fully saturated rings. The summed E-state index contributed by atoms with van der Waals surface area (Å²) in [6, 6.07) is 6.30. The van der Waals surface area contributed by atoms with Gasteiger partial charge in [0.15, 0.2) is 10.2 Å². The molecule has 2 rings (SSSR count). The van der Waals surface area contributed by atoms with Gasteiger partial charge in [0.1, 0.15) is 5.82 Å². The summed E-state index contributed by atoms with van der Waals surface area (Å²) in [6.45, 7) is 0. The number of carbonyl (C=O) groups is 1. The van der Waals surface area contributed by atoms with Crippen LogP contribution in [0.5, 0.6) is 0 Å². The fourth-order valence-corrected chi connectivity index (χ4v) is 2.46. The van der Waals surface area contributed by atoms with Gasteiger partial charge in [0.05, 0.1) is 10.6 Å². The van der Waals surface area contributed by atoms with Crippen LogP contribution in [0.3, 0.4) is 0 Å². The molecule has 76 valence electrons. The number of H-pyrrole nitrogens is 1. The largest absolute Gasteiger partial charge is 0.334 e. The Morgan fingerprint density at radius 3 is 2.80 bits per heavy atom. The molecule has 0 atom stereocenters. The number of rotatable bonds is 2. The van der Waals surface area contributed by atoms with E-state index >= 15 is 0 Å². The molecule has 0 radical (unpaired) electrons. The molecule has 0 aliphatic heterocycles. The highest BCUT2D eigenvalue weighted by molar-refractivity contribution is 7.73. The van der Waals surface area contributed by atoms with Gasteiger partial charge in [0.2, 0.25) is 0 Å². The number of aromatic amines is 1. The Morgan fingerprint density at radius 1 is 1.40 bits per heavy atom. The second kappa shape index (κ2) is 4.04. The van der Waals surface area contributed by atoms with Crippen LogP contribution in [0.1, 0.15) is 10.5 Å². The average Bonchev–Trinajstić information content (AvgIpc) is 2.60. The molecule has 0 saturated carbocycles. The van der Waals surface area contributed by atoms with Gasteiger partial charge in [-0.15, -0.1) is 11.3 Å². The molecule has 0 spiro atoms. The standard InChI is InChI=1S/C10H6FNOS2/c11-7-4-2-1-3-6(7)9-8(5-13)12-10(14)15-9/h1-5H,(H,12,14). The lowest BCUT2D eigenvalue weighted by Crippen LogP contribution is -1.86. The summed E-state index contributed by atoms with van der Waals surface area (Å²) in [7, 11) is 0. The maximum absolute atomic E-state index is 13.4. The Morgan fingerprint density at radius 2 is 2.13 bits per heavy atom. The van der Waals surface area contributed by atoms with Crippen LogP contribution in [0.15, 0.2) is 24.3 Å². The lowest BCUT2D eigenvalue weighted by Gasteiger charge is -1.99. The van der Waals surface area contributed by atoms with E-state index in [4.69, 9.17) is 12.2 Å². The highest BCUT2D eigenvalue weighted by Gasteiger charge is 2.11. The maximum Gasteiger partial charge on any atom is 0.167 e. The molecule has 0 bridgehead atoms. The SMILES string of the molecule is O=Cc1[nH]c(=S)sc1-c1ccccc1F. The second-order valence-electron chi connectivity index (χ2n) is 2.86. The third-order valence-corrected chi connectivity index (χ3v) is 3.20. The topological polar surface area (TPSA) is 32.9 Å². The summed E-state index contributed by atoms with van der Waals surface area (Å²) < 4.78 is 13.9. The molecular formula is C10H6FNOS2. The van der Waals surface area contributed by atoms with Crippen molar-refractivity contribution < 1.29 is 9.18 Å². The lowest BCUT2D eigenvalue weighted by molar-refractivity contribution is 0.112. The van der Waals surface area contributed by atoms with Gasteiger partial charge in [-0.3, -0.25) is 4.79 Å². The van der Waals surface area contributed by atoms with Crippen LogP contribution in [-0.2, 0) is 0 Å². The summed E-state index contributed by atoms with van der Waals surface area (Å²) in [5.74, 6) is -0.356. The van der Waals surface area contributed by atoms with E-state index in [2.05, 4.69) is 4.98 Å². The quantitative estimate of drug-likeness (QED) is 0.643. The van der Waals surface area contributed by atoms with Crippen molar-refractivity contribution in [3.63, 3.8) is 0 Å². The van der Waals surface area contributed by atoms with Crippen molar-refractivity contribution in [2.45, 2.75) is 0 Å². The number of benzene rings is 1. The van der Waals surface area contributed by atoms with Crippen LogP contribution in [-0.4, -0.2) is 11.3 Å². The van der Waals surface area contributed by atoms with Gasteiger partial charge in [0.25, 0.3) is 0 Å². The van der Waals surface area contributed by atoms with Crippen LogP contribution in [0.4, 0.5) is 4.39 Å². The molecule has 0 aliphatic rings. The number of hydrogen-bond donors (Lipinski definition) is 1. The first-order valence-corrected chi connectivity index (χ1v) is 5.38. The predicted octanol–water partition coefficient (Wildman–Crippen LogP) is 3.42. The predicted molar refractivity (Wildman–Crippen MR) is 60.3 cm³/mol. The third-order valence-electron chi connectivity index (χ3n) is 1.91. The summed E-state index contributed by atoms with van der Waals surface area (Å²) in [4.78, 5) is 14.0. The van der Waals surface area contributed by atoms with E-state index in [-0.39, 0.29) is 5.82 Å². The van der Waals surface area contributed by atoms with Crippen molar-refractivity contribution >= 4 is 29.8 Å². The molecule has 2 aromatic rings. The first-order chi connectivity index (χ1) is 7.22. The van der Waals surface area contributed by atoms with E-state index in [0.717, 1.165) is 0 Å². The fraction of sp³-hybridized carbons (Fsp3) is 0. The van der Waals surface area contributed by atoms with Gasteiger partial charge in [-0.1, -0.05) is 18.2 Å². The first-order valence-electron chi connectivity index (χ1n) is 4.15. The van der Waals surface area contributed by atoms with Crippen molar-refractivity contribution in [1.29, 1.82) is 0 Å². The van der Waals surface area contributed by atoms with Crippen LogP contribution in [0.25, 0.3) is 10.4 Å². The number of thiazole rings is 1. The molecule has 1 N–H and O–H groups in total. The highest BCUT2D eigenvalue weighted by atomic mass is 32.1. The molecule has 0 saturated heterocycles. The van der Waals surface area contributed by atoms with Crippen LogP contribution >= 0.6 is 23.6 Å². The smallest absolute Gasteiger partial charge is 0.167 e. The Balaban J connectivity index is 2.68. The third kappa shape index (κ3) is 1.88. The molecular weight excluding hydrogens is 233 g/mol. The van der Waals surface area contributed by atoms with E-state index in [9.17, 15) is 9.18 Å². The molecule has 1 heterocycles. The van der Waals surface area contributed by atoms with Crippen LogP contribution in [0, 0.1) is 9.77 Å². The van der Waals surface area contributed by atoms with Gasteiger partial charge < -0.3 is 4.98 Å². The Hall–Kier alpha value is -1.33. The summed E-state index contributed by atoms with van der Waals surface area (Å²) in [5.41, 5.74) is 0.729. The average molecular weight is 239 g/mol. The Labute approximate surface area is 94.4 Å². The van der Waals surface area contributed by atoms with Crippen LogP contribution < -0.4 is 0 Å². The van der Waals surface area contributed by atoms with Crippen molar-refractivity contribution in [2.75, 3.05) is 0 Å². The zero-order valence-corrected chi connectivity index (χ0v) is 9.12. The fourth-order valence-electron chi connectivity index (χ4n) is 1.27. The van der Waals surface area contributed by atoms with Crippen molar-refractivity contribution in [1.82, 2.24) is 4.98 Å². The minimum atomic E-state index is -0.356. The number of halogens is 1. The minimum Gasteiger partial charge on any atom is -0.334 e. The highest BCUT2D eigenvalue weighted by Crippen LogP contribution is 2.29. The van der Waals surface area contributed by atoms with Gasteiger partial charge in [-0.05, 0) is 18.3 Å². The van der Waals surface area contributed by atoms with E-state index < -0.39 is 0 Å². The Kier molecular flexibility index (Phi) is 2.75. The van der Waals surface area contributed by atoms with Crippen molar-refractivity contribution in [3.05, 3.63) is 39.7 Å². The molecule has 1 aromatic heterocycles.